The van der Waals surface area contributed by atoms with Gasteiger partial charge in [-0.1, -0.05) is 6.07 Å². The molecule has 1 rings (SSSR count). The van der Waals surface area contributed by atoms with Crippen LogP contribution in [0.25, 0.3) is 0 Å². The van der Waals surface area contributed by atoms with Crippen LogP contribution in [0.15, 0.2) is 18.2 Å². The van der Waals surface area contributed by atoms with E-state index >= 15 is 0 Å². The van der Waals surface area contributed by atoms with Crippen LogP contribution in [-0.4, -0.2) is 20.3 Å². The molecule has 1 N–H and O–H groups in total. The third kappa shape index (κ3) is 3.84. The second kappa shape index (κ2) is 6.52. The predicted molar refractivity (Wildman–Crippen MR) is 55.7 cm³/mol. The lowest BCUT2D eigenvalue weighted by atomic mass is 10.1. The molecule has 1 aromatic rings. The molecule has 0 amide bonds. The summed E-state index contributed by atoms with van der Waals surface area (Å²) in [5, 5.41) is 0. The van der Waals surface area contributed by atoms with Gasteiger partial charge in [0, 0.05) is 7.11 Å². The molecule has 0 aromatic heterocycles. The van der Waals surface area contributed by atoms with Crippen molar-refractivity contribution in [3.8, 4) is 0 Å². The number of hydrogen-bond acceptors (Lipinski definition) is 3. The Morgan fingerprint density at radius 2 is 2.00 bits per heavy atom. The van der Waals surface area contributed by atoms with E-state index < -0.39 is 11.6 Å². The molecule has 0 saturated carbocycles. The summed E-state index contributed by atoms with van der Waals surface area (Å²) in [6, 6.07) is 3.53. The Kier molecular flexibility index (Phi) is 5.31. The van der Waals surface area contributed by atoms with Crippen molar-refractivity contribution in [3.05, 3.63) is 35.4 Å². The third-order valence-corrected chi connectivity index (χ3v) is 2.09. The summed E-state index contributed by atoms with van der Waals surface area (Å²) < 4.78 is 30.4. The highest BCUT2D eigenvalue weighted by Gasteiger charge is 2.08. The lowest BCUT2D eigenvalue weighted by molar-refractivity contribution is -0.00930. The molecular formula is C11H15F2NO2. The van der Waals surface area contributed by atoms with E-state index in [1.807, 2.05) is 0 Å². The Hall–Kier alpha value is -1.04. The van der Waals surface area contributed by atoms with Crippen LogP contribution in [0.3, 0.4) is 0 Å². The normalized spacial score (nSPS) is 12.8. The highest BCUT2D eigenvalue weighted by atomic mass is 19.2. The van der Waals surface area contributed by atoms with Crippen LogP contribution < -0.4 is 5.48 Å². The van der Waals surface area contributed by atoms with E-state index in [1.165, 1.54) is 6.07 Å². The molecule has 0 radical (unpaired) electrons. The quantitative estimate of drug-likeness (QED) is 0.601. The number of hydroxylamine groups is 1. The zero-order valence-electron chi connectivity index (χ0n) is 9.30. The summed E-state index contributed by atoms with van der Waals surface area (Å²) >= 11 is 0. The van der Waals surface area contributed by atoms with E-state index in [0.29, 0.717) is 18.8 Å². The van der Waals surface area contributed by atoms with Gasteiger partial charge in [-0.25, -0.2) is 8.78 Å². The molecular weight excluding hydrogens is 216 g/mol. The van der Waals surface area contributed by atoms with Gasteiger partial charge in [0.05, 0.1) is 19.3 Å². The molecule has 0 saturated heterocycles. The van der Waals surface area contributed by atoms with Crippen LogP contribution in [0, 0.1) is 11.6 Å². The molecule has 0 aliphatic heterocycles. The molecule has 1 atom stereocenters. The first kappa shape index (κ1) is 13.0. The lowest BCUT2D eigenvalue weighted by Gasteiger charge is -2.14. The number of hydrogen-bond donors (Lipinski definition) is 1. The summed E-state index contributed by atoms with van der Waals surface area (Å²) in [5.74, 6) is -1.71. The first-order chi connectivity index (χ1) is 7.65. The van der Waals surface area contributed by atoms with Gasteiger partial charge in [0.25, 0.3) is 0 Å². The Morgan fingerprint density at radius 1 is 1.25 bits per heavy atom. The third-order valence-electron chi connectivity index (χ3n) is 2.09. The first-order valence-corrected chi connectivity index (χ1v) is 4.96. The predicted octanol–water partition coefficient (Wildman–Crippen LogP) is 2.19. The minimum Gasteiger partial charge on any atom is -0.382 e. The van der Waals surface area contributed by atoms with Gasteiger partial charge in [-0.15, -0.1) is 0 Å². The van der Waals surface area contributed by atoms with E-state index in [0.717, 1.165) is 12.1 Å². The molecule has 0 fully saturated rings. The van der Waals surface area contributed by atoms with Crippen LogP contribution in [-0.2, 0) is 9.57 Å². The minimum absolute atomic E-state index is 0.216. The summed E-state index contributed by atoms with van der Waals surface area (Å²) in [5.41, 5.74) is 3.33. The standard InChI is InChI=1S/C11H15F2NO2/c1-8(14-16-6-5-15-2)9-3-4-10(12)11(13)7-9/h3-4,7-8,14H,5-6H2,1-2H3. The fraction of sp³-hybridized carbons (Fsp3) is 0.455. The number of halogens is 2. The number of benzene rings is 1. The minimum atomic E-state index is -0.858. The largest absolute Gasteiger partial charge is 0.382 e. The van der Waals surface area contributed by atoms with E-state index in [4.69, 9.17) is 9.57 Å². The zero-order chi connectivity index (χ0) is 12.0. The summed E-state index contributed by atoms with van der Waals surface area (Å²) in [7, 11) is 1.57. The summed E-state index contributed by atoms with van der Waals surface area (Å²) in [4.78, 5) is 5.07. The van der Waals surface area contributed by atoms with Gasteiger partial charge >= 0.3 is 0 Å². The summed E-state index contributed by atoms with van der Waals surface area (Å²) in [6.45, 7) is 2.65. The van der Waals surface area contributed by atoms with E-state index in [2.05, 4.69) is 5.48 Å². The van der Waals surface area contributed by atoms with Crippen molar-refractivity contribution in [2.24, 2.45) is 0 Å². The van der Waals surface area contributed by atoms with Gasteiger partial charge < -0.3 is 4.74 Å². The molecule has 0 aliphatic carbocycles. The van der Waals surface area contributed by atoms with Crippen LogP contribution >= 0.6 is 0 Å². The number of methoxy groups -OCH3 is 1. The second-order valence-corrected chi connectivity index (χ2v) is 3.35. The maximum atomic E-state index is 12.9. The molecule has 0 heterocycles. The van der Waals surface area contributed by atoms with Crippen LogP contribution in [0.2, 0.25) is 0 Å². The van der Waals surface area contributed by atoms with Crippen molar-refractivity contribution >= 4 is 0 Å². The summed E-state index contributed by atoms with van der Waals surface area (Å²) in [6.07, 6.45) is 0. The number of ether oxygens (including phenoxy) is 1. The number of rotatable bonds is 6. The average molecular weight is 231 g/mol. The Balaban J connectivity index is 2.46. The van der Waals surface area contributed by atoms with Crippen molar-refractivity contribution in [1.82, 2.24) is 5.48 Å². The lowest BCUT2D eigenvalue weighted by Crippen LogP contribution is -2.21. The van der Waals surface area contributed by atoms with Gasteiger partial charge in [-0.05, 0) is 24.6 Å². The molecule has 0 aliphatic rings. The highest BCUT2D eigenvalue weighted by Crippen LogP contribution is 2.15. The van der Waals surface area contributed by atoms with Crippen molar-refractivity contribution in [2.75, 3.05) is 20.3 Å². The monoisotopic (exact) mass is 231 g/mol. The smallest absolute Gasteiger partial charge is 0.159 e. The van der Waals surface area contributed by atoms with Crippen molar-refractivity contribution in [2.45, 2.75) is 13.0 Å². The van der Waals surface area contributed by atoms with E-state index in [9.17, 15) is 8.78 Å². The fourth-order valence-electron chi connectivity index (χ4n) is 1.16. The molecule has 0 spiro atoms. The molecule has 90 valence electrons. The SMILES string of the molecule is COCCONC(C)c1ccc(F)c(F)c1. The average Bonchev–Trinajstić information content (AvgIpc) is 2.28. The first-order valence-electron chi connectivity index (χ1n) is 4.96. The van der Waals surface area contributed by atoms with Gasteiger partial charge in [0.1, 0.15) is 0 Å². The Labute approximate surface area is 93.3 Å². The Bertz CT molecular complexity index is 334. The van der Waals surface area contributed by atoms with Crippen LogP contribution in [0.5, 0.6) is 0 Å². The number of nitrogens with one attached hydrogen (secondary N) is 1. The molecule has 0 bridgehead atoms. The molecule has 16 heavy (non-hydrogen) atoms. The van der Waals surface area contributed by atoms with Crippen LogP contribution in [0.1, 0.15) is 18.5 Å². The highest BCUT2D eigenvalue weighted by molar-refractivity contribution is 5.20. The van der Waals surface area contributed by atoms with Gasteiger partial charge in [-0.3, -0.25) is 4.84 Å². The maximum Gasteiger partial charge on any atom is 0.159 e. The van der Waals surface area contributed by atoms with Gasteiger partial charge in [0.15, 0.2) is 11.6 Å². The van der Waals surface area contributed by atoms with Crippen molar-refractivity contribution in [1.29, 1.82) is 0 Å². The molecule has 1 aromatic carbocycles. The second-order valence-electron chi connectivity index (χ2n) is 3.35. The van der Waals surface area contributed by atoms with Crippen molar-refractivity contribution < 1.29 is 18.4 Å². The molecule has 5 heteroatoms. The molecule has 3 nitrogen and oxygen atoms in total. The Morgan fingerprint density at radius 3 is 2.62 bits per heavy atom. The van der Waals surface area contributed by atoms with Crippen molar-refractivity contribution in [3.63, 3.8) is 0 Å². The maximum absolute atomic E-state index is 12.9. The van der Waals surface area contributed by atoms with E-state index in [-0.39, 0.29) is 6.04 Å². The van der Waals surface area contributed by atoms with Gasteiger partial charge in [-0.2, -0.15) is 5.48 Å². The van der Waals surface area contributed by atoms with E-state index in [1.54, 1.807) is 14.0 Å². The topological polar surface area (TPSA) is 30.5 Å². The van der Waals surface area contributed by atoms with Crippen LogP contribution in [0.4, 0.5) is 8.78 Å². The zero-order valence-corrected chi connectivity index (χ0v) is 9.30. The van der Waals surface area contributed by atoms with Gasteiger partial charge in [0.2, 0.25) is 0 Å². The fourth-order valence-corrected chi connectivity index (χ4v) is 1.16. The molecule has 1 unspecified atom stereocenters.